The largest absolute Gasteiger partial charge is 0.300 e. The number of aromatic nitrogens is 5. The lowest BCUT2D eigenvalue weighted by molar-refractivity contribution is 0.785. The first-order valence-electron chi connectivity index (χ1n) is 8.60. The zero-order valence-corrected chi connectivity index (χ0v) is 14.3. The second-order valence-corrected chi connectivity index (χ2v) is 6.42. The van der Waals surface area contributed by atoms with Crippen LogP contribution in [0.3, 0.4) is 0 Å². The van der Waals surface area contributed by atoms with E-state index in [1.54, 1.807) is 23.0 Å². The van der Waals surface area contributed by atoms with Gasteiger partial charge in [0.25, 0.3) is 5.56 Å². The molecule has 27 heavy (non-hydrogen) atoms. The minimum Gasteiger partial charge on any atom is -0.300 e. The number of pyridine rings is 1. The summed E-state index contributed by atoms with van der Waals surface area (Å²) in [5, 5.41) is 8.16. The van der Waals surface area contributed by atoms with Gasteiger partial charge >= 0.3 is 0 Å². The third kappa shape index (κ3) is 2.77. The van der Waals surface area contributed by atoms with Gasteiger partial charge in [-0.3, -0.25) is 19.4 Å². The molecule has 0 saturated heterocycles. The van der Waals surface area contributed by atoms with Gasteiger partial charge in [0, 0.05) is 11.6 Å². The van der Waals surface area contributed by atoms with E-state index in [-0.39, 0.29) is 5.56 Å². The minimum atomic E-state index is -0.139. The second kappa shape index (κ2) is 6.17. The maximum absolute atomic E-state index is 12.4. The average molecular weight is 353 g/mol. The predicted octanol–water partition coefficient (Wildman–Crippen LogP) is 3.38. The van der Waals surface area contributed by atoms with Crippen LogP contribution in [0.5, 0.6) is 0 Å². The van der Waals surface area contributed by atoms with E-state index in [0.29, 0.717) is 6.54 Å². The molecule has 5 rings (SSSR count). The summed E-state index contributed by atoms with van der Waals surface area (Å²) in [6.07, 6.45) is 6.53. The Morgan fingerprint density at radius 3 is 2.85 bits per heavy atom. The lowest BCUT2D eigenvalue weighted by Gasteiger charge is -2.10. The van der Waals surface area contributed by atoms with Gasteiger partial charge in [-0.1, -0.05) is 30.3 Å². The van der Waals surface area contributed by atoms with Crippen LogP contribution in [0.15, 0.2) is 78.1 Å². The number of aromatic amines is 1. The first-order valence-corrected chi connectivity index (χ1v) is 8.60. The van der Waals surface area contributed by atoms with E-state index >= 15 is 0 Å². The zero-order chi connectivity index (χ0) is 18.2. The van der Waals surface area contributed by atoms with Crippen LogP contribution in [0.4, 0.5) is 0 Å². The number of hydrogen-bond acceptors (Lipinski definition) is 4. The van der Waals surface area contributed by atoms with Crippen molar-refractivity contribution in [3.8, 4) is 11.1 Å². The van der Waals surface area contributed by atoms with E-state index in [2.05, 4.69) is 44.4 Å². The first-order chi connectivity index (χ1) is 13.3. The number of nitrogens with one attached hydrogen (secondary N) is 1. The van der Waals surface area contributed by atoms with Crippen LogP contribution in [0, 0.1) is 0 Å². The van der Waals surface area contributed by atoms with Crippen molar-refractivity contribution in [3.05, 3.63) is 89.2 Å². The van der Waals surface area contributed by atoms with Crippen LogP contribution in [0.2, 0.25) is 0 Å². The molecule has 6 heteroatoms. The lowest BCUT2D eigenvalue weighted by Crippen LogP contribution is -2.21. The lowest BCUT2D eigenvalue weighted by atomic mass is 10.0. The first kappa shape index (κ1) is 15.5. The van der Waals surface area contributed by atoms with Crippen molar-refractivity contribution in [1.29, 1.82) is 0 Å². The molecule has 0 spiro atoms. The van der Waals surface area contributed by atoms with E-state index in [4.69, 9.17) is 0 Å². The normalized spacial score (nSPS) is 11.3. The number of rotatable bonds is 3. The fourth-order valence-electron chi connectivity index (χ4n) is 3.32. The SMILES string of the molecule is O=c1cnc2ccncc2n1Cc1cccc(-c2ccc3cn[nH]c3c2)c1. The maximum Gasteiger partial charge on any atom is 0.269 e. The fraction of sp³-hybridized carbons (Fsp3) is 0.0476. The van der Waals surface area contributed by atoms with Crippen molar-refractivity contribution in [2.75, 3.05) is 0 Å². The molecular formula is C21H15N5O. The molecule has 5 aromatic rings. The molecule has 2 aromatic carbocycles. The Bertz CT molecular complexity index is 1340. The Balaban J connectivity index is 1.57. The van der Waals surface area contributed by atoms with Gasteiger partial charge in [0.05, 0.1) is 41.7 Å². The summed E-state index contributed by atoms with van der Waals surface area (Å²) in [5.74, 6) is 0. The molecule has 0 aliphatic carbocycles. The molecule has 6 nitrogen and oxygen atoms in total. The van der Waals surface area contributed by atoms with Gasteiger partial charge in [0.1, 0.15) is 0 Å². The Morgan fingerprint density at radius 1 is 0.963 bits per heavy atom. The highest BCUT2D eigenvalue weighted by Crippen LogP contribution is 2.24. The third-order valence-corrected chi connectivity index (χ3v) is 4.69. The van der Waals surface area contributed by atoms with Gasteiger partial charge in [0.15, 0.2) is 0 Å². The molecule has 0 amide bonds. The van der Waals surface area contributed by atoms with Crippen molar-refractivity contribution in [1.82, 2.24) is 24.7 Å². The molecule has 0 aliphatic heterocycles. The van der Waals surface area contributed by atoms with E-state index in [1.807, 2.05) is 24.4 Å². The van der Waals surface area contributed by atoms with Crippen LogP contribution in [0.25, 0.3) is 33.1 Å². The molecule has 130 valence electrons. The van der Waals surface area contributed by atoms with Crippen LogP contribution in [-0.4, -0.2) is 24.7 Å². The Morgan fingerprint density at radius 2 is 1.89 bits per heavy atom. The minimum absolute atomic E-state index is 0.139. The number of fused-ring (bicyclic) bond motifs is 2. The maximum atomic E-state index is 12.4. The van der Waals surface area contributed by atoms with Crippen molar-refractivity contribution in [2.24, 2.45) is 0 Å². The van der Waals surface area contributed by atoms with Crippen molar-refractivity contribution < 1.29 is 0 Å². The monoisotopic (exact) mass is 353 g/mol. The molecule has 0 atom stereocenters. The molecule has 0 bridgehead atoms. The predicted molar refractivity (Wildman–Crippen MR) is 104 cm³/mol. The summed E-state index contributed by atoms with van der Waals surface area (Å²) < 4.78 is 1.70. The highest BCUT2D eigenvalue weighted by Gasteiger charge is 2.07. The van der Waals surface area contributed by atoms with Gasteiger partial charge in [-0.05, 0) is 34.9 Å². The summed E-state index contributed by atoms with van der Waals surface area (Å²) >= 11 is 0. The summed E-state index contributed by atoms with van der Waals surface area (Å²) in [7, 11) is 0. The van der Waals surface area contributed by atoms with E-state index in [9.17, 15) is 4.79 Å². The molecule has 0 fully saturated rings. The zero-order valence-electron chi connectivity index (χ0n) is 14.3. The highest BCUT2D eigenvalue weighted by atomic mass is 16.1. The molecule has 0 radical (unpaired) electrons. The number of nitrogens with zero attached hydrogens (tertiary/aromatic N) is 4. The van der Waals surface area contributed by atoms with Crippen LogP contribution in [-0.2, 0) is 6.54 Å². The molecule has 1 N–H and O–H groups in total. The van der Waals surface area contributed by atoms with Gasteiger partial charge in [-0.15, -0.1) is 0 Å². The van der Waals surface area contributed by atoms with Gasteiger partial charge in [-0.25, -0.2) is 4.98 Å². The summed E-state index contributed by atoms with van der Waals surface area (Å²) in [4.78, 5) is 20.7. The smallest absolute Gasteiger partial charge is 0.269 e. The number of H-pyrrole nitrogens is 1. The summed E-state index contributed by atoms with van der Waals surface area (Å²) in [6.45, 7) is 0.462. The van der Waals surface area contributed by atoms with Crippen molar-refractivity contribution in [2.45, 2.75) is 6.54 Å². The van der Waals surface area contributed by atoms with E-state index in [0.717, 1.165) is 38.6 Å². The Kier molecular flexibility index (Phi) is 3.53. The van der Waals surface area contributed by atoms with Gasteiger partial charge in [0.2, 0.25) is 0 Å². The fourth-order valence-corrected chi connectivity index (χ4v) is 3.32. The topological polar surface area (TPSA) is 76.5 Å². The van der Waals surface area contributed by atoms with E-state index < -0.39 is 0 Å². The molecule has 0 saturated carbocycles. The number of benzene rings is 2. The summed E-state index contributed by atoms with van der Waals surface area (Å²) in [5.41, 5.74) is 5.58. The van der Waals surface area contributed by atoms with Crippen LogP contribution >= 0.6 is 0 Å². The molecular weight excluding hydrogens is 338 g/mol. The third-order valence-electron chi connectivity index (χ3n) is 4.69. The van der Waals surface area contributed by atoms with Gasteiger partial charge in [-0.2, -0.15) is 5.10 Å². The van der Waals surface area contributed by atoms with E-state index in [1.165, 1.54) is 6.20 Å². The molecule has 0 unspecified atom stereocenters. The van der Waals surface area contributed by atoms with Crippen LogP contribution in [0.1, 0.15) is 5.56 Å². The second-order valence-electron chi connectivity index (χ2n) is 6.42. The van der Waals surface area contributed by atoms with Crippen LogP contribution < -0.4 is 5.56 Å². The van der Waals surface area contributed by atoms with Crippen molar-refractivity contribution >= 4 is 21.9 Å². The summed E-state index contributed by atoms with van der Waals surface area (Å²) in [6, 6.07) is 16.2. The Hall–Kier alpha value is -3.80. The standard InChI is InChI=1S/C21H15N5O/c27-21-12-23-18-6-7-22-11-20(18)26(21)13-14-2-1-3-15(8-14)16-4-5-17-10-24-25-19(17)9-16/h1-12H,13H2,(H,24,25). The van der Waals surface area contributed by atoms with Crippen molar-refractivity contribution in [3.63, 3.8) is 0 Å². The van der Waals surface area contributed by atoms with Gasteiger partial charge < -0.3 is 0 Å². The molecule has 0 aliphatic rings. The molecule has 3 heterocycles. The Labute approximate surface area is 154 Å². The highest BCUT2D eigenvalue weighted by molar-refractivity contribution is 5.83. The number of hydrogen-bond donors (Lipinski definition) is 1. The molecule has 3 aromatic heterocycles. The average Bonchev–Trinajstić information content (AvgIpc) is 3.18. The quantitative estimate of drug-likeness (QED) is 0.539.